The first-order chi connectivity index (χ1) is 11.7. The molecule has 24 heavy (non-hydrogen) atoms. The van der Waals surface area contributed by atoms with Crippen molar-refractivity contribution in [2.45, 2.75) is 12.8 Å². The predicted molar refractivity (Wildman–Crippen MR) is 98.5 cm³/mol. The van der Waals surface area contributed by atoms with Gasteiger partial charge in [-0.25, -0.2) is 4.79 Å². The Morgan fingerprint density at radius 2 is 1.75 bits per heavy atom. The second-order valence-electron chi connectivity index (χ2n) is 5.26. The summed E-state index contributed by atoms with van der Waals surface area (Å²) < 4.78 is 4.64. The molecular formula is C19H21NO3S. The van der Waals surface area contributed by atoms with Gasteiger partial charge in [0.15, 0.2) is 0 Å². The fraction of sp³-hybridized carbons (Fsp3) is 0.263. The first kappa shape index (κ1) is 18.1. The number of hydrogen-bond donors (Lipinski definition) is 1. The van der Waals surface area contributed by atoms with E-state index in [0.29, 0.717) is 17.0 Å². The minimum absolute atomic E-state index is 0.0365. The summed E-state index contributed by atoms with van der Waals surface area (Å²) >= 11 is 1.63. The fourth-order valence-electron chi connectivity index (χ4n) is 2.19. The van der Waals surface area contributed by atoms with Crippen LogP contribution in [0.25, 0.3) is 0 Å². The highest BCUT2D eigenvalue weighted by atomic mass is 32.2. The number of benzene rings is 2. The van der Waals surface area contributed by atoms with Gasteiger partial charge < -0.3 is 10.1 Å². The topological polar surface area (TPSA) is 55.4 Å². The van der Waals surface area contributed by atoms with E-state index in [4.69, 9.17) is 0 Å². The lowest BCUT2D eigenvalue weighted by molar-refractivity contribution is -0.113. The van der Waals surface area contributed by atoms with Crippen LogP contribution in [-0.2, 0) is 16.0 Å². The summed E-state index contributed by atoms with van der Waals surface area (Å²) in [5.41, 5.74) is 2.47. The van der Waals surface area contributed by atoms with E-state index in [9.17, 15) is 9.59 Å². The van der Waals surface area contributed by atoms with E-state index in [2.05, 4.69) is 22.2 Å². The van der Waals surface area contributed by atoms with Crippen molar-refractivity contribution in [3.05, 3.63) is 65.7 Å². The summed E-state index contributed by atoms with van der Waals surface area (Å²) in [5, 5.41) is 2.82. The van der Waals surface area contributed by atoms with Gasteiger partial charge in [-0.1, -0.05) is 30.3 Å². The zero-order chi connectivity index (χ0) is 17.2. The molecule has 0 fully saturated rings. The van der Waals surface area contributed by atoms with E-state index < -0.39 is 0 Å². The number of aryl methyl sites for hydroxylation is 1. The Hall–Kier alpha value is -2.27. The van der Waals surface area contributed by atoms with Crippen LogP contribution in [0.3, 0.4) is 0 Å². The number of thioether (sulfide) groups is 1. The molecule has 1 N–H and O–H groups in total. The van der Waals surface area contributed by atoms with Gasteiger partial charge >= 0.3 is 5.97 Å². The van der Waals surface area contributed by atoms with Crippen molar-refractivity contribution < 1.29 is 14.3 Å². The lowest BCUT2D eigenvalue weighted by atomic mass is 10.1. The molecule has 5 heteroatoms. The van der Waals surface area contributed by atoms with Crippen LogP contribution < -0.4 is 5.32 Å². The Morgan fingerprint density at radius 1 is 1.04 bits per heavy atom. The molecular weight excluding hydrogens is 322 g/mol. The van der Waals surface area contributed by atoms with Crippen molar-refractivity contribution in [1.82, 2.24) is 0 Å². The van der Waals surface area contributed by atoms with Gasteiger partial charge in [-0.3, -0.25) is 4.79 Å². The first-order valence-electron chi connectivity index (χ1n) is 7.79. The van der Waals surface area contributed by atoms with Crippen molar-refractivity contribution in [2.75, 3.05) is 23.9 Å². The summed E-state index contributed by atoms with van der Waals surface area (Å²) in [6.07, 6.45) is 2.08. The van der Waals surface area contributed by atoms with E-state index in [-0.39, 0.29) is 11.9 Å². The number of carbonyl (C=O) groups excluding carboxylic acids is 2. The van der Waals surface area contributed by atoms with Crippen LogP contribution in [0.2, 0.25) is 0 Å². The smallest absolute Gasteiger partial charge is 0.337 e. The van der Waals surface area contributed by atoms with Gasteiger partial charge in [-0.05, 0) is 48.4 Å². The molecule has 126 valence electrons. The highest BCUT2D eigenvalue weighted by molar-refractivity contribution is 7.99. The fourth-order valence-corrected chi connectivity index (χ4v) is 2.94. The largest absolute Gasteiger partial charge is 0.465 e. The number of methoxy groups -OCH3 is 1. The number of amides is 1. The van der Waals surface area contributed by atoms with Crippen molar-refractivity contribution in [2.24, 2.45) is 0 Å². The molecule has 0 radical (unpaired) electrons. The number of rotatable bonds is 8. The maximum absolute atomic E-state index is 11.9. The number of anilines is 1. The Kier molecular flexibility index (Phi) is 7.36. The maximum Gasteiger partial charge on any atom is 0.337 e. The molecule has 0 aromatic heterocycles. The van der Waals surface area contributed by atoms with Crippen molar-refractivity contribution in [1.29, 1.82) is 0 Å². The average molecular weight is 343 g/mol. The highest BCUT2D eigenvalue weighted by Crippen LogP contribution is 2.12. The second-order valence-corrected chi connectivity index (χ2v) is 6.36. The van der Waals surface area contributed by atoms with Gasteiger partial charge in [0.2, 0.25) is 5.91 Å². The van der Waals surface area contributed by atoms with Gasteiger partial charge in [0.25, 0.3) is 0 Å². The molecule has 1 amide bonds. The molecule has 0 heterocycles. The summed E-state index contributed by atoms with van der Waals surface area (Å²) in [4.78, 5) is 23.2. The van der Waals surface area contributed by atoms with Crippen molar-refractivity contribution in [3.63, 3.8) is 0 Å². The summed E-state index contributed by atoms with van der Waals surface area (Å²) in [6, 6.07) is 17.0. The standard InChI is InChI=1S/C19H21NO3S/c1-23-19(22)16-9-11-17(12-10-16)20-18(21)14-24-13-5-8-15-6-3-2-4-7-15/h2-4,6-7,9-12H,5,8,13-14H2,1H3,(H,20,21). The number of hydrogen-bond acceptors (Lipinski definition) is 4. The highest BCUT2D eigenvalue weighted by Gasteiger charge is 2.06. The van der Waals surface area contributed by atoms with Crippen LogP contribution in [0.1, 0.15) is 22.3 Å². The van der Waals surface area contributed by atoms with Crippen LogP contribution in [0, 0.1) is 0 Å². The minimum Gasteiger partial charge on any atom is -0.465 e. The van der Waals surface area contributed by atoms with E-state index in [1.165, 1.54) is 12.7 Å². The molecule has 2 aromatic rings. The molecule has 0 spiro atoms. The monoisotopic (exact) mass is 343 g/mol. The number of carbonyl (C=O) groups is 2. The van der Waals surface area contributed by atoms with Crippen LogP contribution in [-0.4, -0.2) is 30.5 Å². The molecule has 0 atom stereocenters. The lowest BCUT2D eigenvalue weighted by Crippen LogP contribution is -2.14. The van der Waals surface area contributed by atoms with Gasteiger partial charge in [-0.2, -0.15) is 11.8 Å². The third kappa shape index (κ3) is 6.08. The number of ether oxygens (including phenoxy) is 1. The summed E-state index contributed by atoms with van der Waals surface area (Å²) in [6.45, 7) is 0. The molecule has 0 aliphatic rings. The van der Waals surface area contributed by atoms with Crippen LogP contribution in [0.15, 0.2) is 54.6 Å². The Bertz CT molecular complexity index is 656. The Morgan fingerprint density at radius 3 is 2.42 bits per heavy atom. The van der Waals surface area contributed by atoms with E-state index >= 15 is 0 Å². The summed E-state index contributed by atoms with van der Waals surface area (Å²) in [5.74, 6) is 0.948. The van der Waals surface area contributed by atoms with Crippen LogP contribution >= 0.6 is 11.8 Å². The predicted octanol–water partition coefficient (Wildman–Crippen LogP) is 3.78. The SMILES string of the molecule is COC(=O)c1ccc(NC(=O)CSCCCc2ccccc2)cc1. The minimum atomic E-state index is -0.387. The lowest BCUT2D eigenvalue weighted by Gasteiger charge is -2.06. The van der Waals surface area contributed by atoms with Crippen molar-refractivity contribution >= 4 is 29.3 Å². The van der Waals surface area contributed by atoms with E-state index in [1.807, 2.05) is 18.2 Å². The van der Waals surface area contributed by atoms with Gasteiger partial charge in [0, 0.05) is 5.69 Å². The molecule has 0 bridgehead atoms. The molecule has 4 nitrogen and oxygen atoms in total. The molecule has 0 aliphatic carbocycles. The zero-order valence-corrected chi connectivity index (χ0v) is 14.5. The number of esters is 1. The zero-order valence-electron chi connectivity index (χ0n) is 13.7. The van der Waals surface area contributed by atoms with E-state index in [0.717, 1.165) is 18.6 Å². The second kappa shape index (κ2) is 9.78. The molecule has 0 aliphatic heterocycles. The molecule has 2 rings (SSSR count). The van der Waals surface area contributed by atoms with Crippen LogP contribution in [0.4, 0.5) is 5.69 Å². The Balaban J connectivity index is 1.65. The van der Waals surface area contributed by atoms with Gasteiger partial charge in [-0.15, -0.1) is 0 Å². The van der Waals surface area contributed by atoms with Gasteiger partial charge in [0.05, 0.1) is 18.4 Å². The maximum atomic E-state index is 11.9. The quantitative estimate of drug-likeness (QED) is 0.585. The van der Waals surface area contributed by atoms with E-state index in [1.54, 1.807) is 36.0 Å². The Labute approximate surface area is 146 Å². The molecule has 0 saturated heterocycles. The van der Waals surface area contributed by atoms with Crippen molar-refractivity contribution in [3.8, 4) is 0 Å². The van der Waals surface area contributed by atoms with Crippen LogP contribution in [0.5, 0.6) is 0 Å². The normalized spacial score (nSPS) is 10.2. The summed E-state index contributed by atoms with van der Waals surface area (Å²) in [7, 11) is 1.34. The first-order valence-corrected chi connectivity index (χ1v) is 8.94. The molecule has 2 aromatic carbocycles. The third-order valence-electron chi connectivity index (χ3n) is 3.42. The molecule has 0 unspecified atom stereocenters. The third-order valence-corrected chi connectivity index (χ3v) is 4.46. The number of nitrogens with one attached hydrogen (secondary N) is 1. The van der Waals surface area contributed by atoms with Gasteiger partial charge in [0.1, 0.15) is 0 Å². The average Bonchev–Trinajstić information content (AvgIpc) is 2.62. The molecule has 0 saturated carbocycles.